The van der Waals surface area contributed by atoms with Crippen molar-refractivity contribution >= 4 is 23.4 Å². The van der Waals surface area contributed by atoms with E-state index in [0.29, 0.717) is 48.2 Å². The zero-order chi connectivity index (χ0) is 27.1. The number of rotatable bonds is 11. The van der Waals surface area contributed by atoms with Crippen molar-refractivity contribution in [1.82, 2.24) is 9.80 Å². The molecule has 0 aliphatic carbocycles. The molecule has 0 saturated carbocycles. The normalized spacial score (nSPS) is 17.1. The first-order chi connectivity index (χ1) is 17.7. The Kier molecular flexibility index (Phi) is 9.47. The zero-order valence-electron chi connectivity index (χ0n) is 22.2. The Balaban J connectivity index is 2.06. The number of likely N-dealkylation sites (N-methyl/N-ethyl adjacent to an activating group) is 1. The largest absolute Gasteiger partial charge is 0.507 e. The summed E-state index contributed by atoms with van der Waals surface area (Å²) in [7, 11) is 0. The molecule has 1 aliphatic heterocycles. The maximum Gasteiger partial charge on any atom is 0.308 e. The first-order valence-corrected chi connectivity index (χ1v) is 12.7. The summed E-state index contributed by atoms with van der Waals surface area (Å²) in [6.45, 7) is 12.5. The van der Waals surface area contributed by atoms with Gasteiger partial charge in [-0.2, -0.15) is 0 Å². The van der Waals surface area contributed by atoms with Crippen LogP contribution in [0.25, 0.3) is 5.76 Å². The third-order valence-corrected chi connectivity index (χ3v) is 6.24. The van der Waals surface area contributed by atoms with Gasteiger partial charge in [-0.05, 0) is 48.8 Å². The van der Waals surface area contributed by atoms with Gasteiger partial charge in [-0.3, -0.25) is 14.4 Å². The highest BCUT2D eigenvalue weighted by molar-refractivity contribution is 6.46. The third kappa shape index (κ3) is 6.77. The van der Waals surface area contributed by atoms with Gasteiger partial charge in [0.2, 0.25) is 0 Å². The summed E-state index contributed by atoms with van der Waals surface area (Å²) in [6, 6.07) is 12.7. The van der Waals surface area contributed by atoms with E-state index in [4.69, 9.17) is 9.47 Å². The molecule has 0 aromatic heterocycles. The summed E-state index contributed by atoms with van der Waals surface area (Å²) in [5, 5.41) is 11.3. The van der Waals surface area contributed by atoms with Gasteiger partial charge in [0, 0.05) is 25.6 Å². The SMILES string of the molecule is CCN(CC)CCN1C(=O)C(=O)/C(=C(\O)c2cccc(OCC(C)C)c2)C1c1ccc(OC(C)=O)cc1. The molecule has 3 rings (SSSR count). The summed E-state index contributed by atoms with van der Waals surface area (Å²) in [6.07, 6.45) is 0. The van der Waals surface area contributed by atoms with E-state index in [0.717, 1.165) is 13.1 Å². The van der Waals surface area contributed by atoms with Gasteiger partial charge in [0.1, 0.15) is 17.3 Å². The highest BCUT2D eigenvalue weighted by atomic mass is 16.5. The standard InChI is InChI=1S/C29H36N2O6/c1-6-30(7-2)15-16-31-26(21-11-13-23(14-12-21)37-20(5)32)25(28(34)29(31)35)27(33)22-9-8-10-24(17-22)36-18-19(3)4/h8-14,17,19,26,33H,6-7,15-16,18H2,1-5H3/b27-25-. The second-order valence-corrected chi connectivity index (χ2v) is 9.41. The fraction of sp³-hybridized carbons (Fsp3) is 0.414. The molecule has 1 saturated heterocycles. The summed E-state index contributed by atoms with van der Waals surface area (Å²) >= 11 is 0. The number of carbonyl (C=O) groups excluding carboxylic acids is 3. The first kappa shape index (κ1) is 27.9. The van der Waals surface area contributed by atoms with Crippen LogP contribution in [0, 0.1) is 5.92 Å². The fourth-order valence-corrected chi connectivity index (χ4v) is 4.28. The van der Waals surface area contributed by atoms with Crippen LogP contribution in [0.2, 0.25) is 0 Å². The number of nitrogens with zero attached hydrogens (tertiary/aromatic N) is 2. The Labute approximate surface area is 218 Å². The molecule has 8 heteroatoms. The number of ketones is 1. The molecular weight excluding hydrogens is 472 g/mol. The molecule has 1 N–H and O–H groups in total. The molecule has 37 heavy (non-hydrogen) atoms. The van der Waals surface area contributed by atoms with Gasteiger partial charge >= 0.3 is 5.97 Å². The van der Waals surface area contributed by atoms with E-state index in [-0.39, 0.29) is 11.3 Å². The Bertz CT molecular complexity index is 1150. The second-order valence-electron chi connectivity index (χ2n) is 9.41. The van der Waals surface area contributed by atoms with Gasteiger partial charge in [0.15, 0.2) is 0 Å². The molecule has 0 bridgehead atoms. The van der Waals surface area contributed by atoms with Crippen molar-refractivity contribution in [3.8, 4) is 11.5 Å². The molecule has 0 spiro atoms. The van der Waals surface area contributed by atoms with Crippen LogP contribution in [-0.2, 0) is 14.4 Å². The predicted octanol–water partition coefficient (Wildman–Crippen LogP) is 4.41. The van der Waals surface area contributed by atoms with Crippen LogP contribution in [0.1, 0.15) is 51.8 Å². The summed E-state index contributed by atoms with van der Waals surface area (Å²) in [4.78, 5) is 41.5. The molecule has 2 aromatic carbocycles. The van der Waals surface area contributed by atoms with E-state index >= 15 is 0 Å². The van der Waals surface area contributed by atoms with Crippen molar-refractivity contribution in [2.24, 2.45) is 5.92 Å². The Morgan fingerprint density at radius 3 is 2.32 bits per heavy atom. The molecule has 1 heterocycles. The van der Waals surface area contributed by atoms with Crippen molar-refractivity contribution in [1.29, 1.82) is 0 Å². The fourth-order valence-electron chi connectivity index (χ4n) is 4.28. The Hall–Kier alpha value is -3.65. The highest BCUT2D eigenvalue weighted by Gasteiger charge is 2.46. The quantitative estimate of drug-likeness (QED) is 0.158. The number of esters is 1. The van der Waals surface area contributed by atoms with Gasteiger partial charge in [-0.1, -0.05) is 52.0 Å². The molecule has 1 amide bonds. The van der Waals surface area contributed by atoms with Gasteiger partial charge in [0.05, 0.1) is 18.2 Å². The van der Waals surface area contributed by atoms with E-state index in [9.17, 15) is 19.5 Å². The van der Waals surface area contributed by atoms with Crippen LogP contribution in [0.3, 0.4) is 0 Å². The van der Waals surface area contributed by atoms with Crippen molar-refractivity contribution < 1.29 is 29.0 Å². The topological polar surface area (TPSA) is 96.4 Å². The van der Waals surface area contributed by atoms with E-state index in [2.05, 4.69) is 4.90 Å². The number of amides is 1. The van der Waals surface area contributed by atoms with Crippen molar-refractivity contribution in [3.63, 3.8) is 0 Å². The molecule has 1 atom stereocenters. The average Bonchev–Trinajstić information content (AvgIpc) is 3.13. The molecule has 198 valence electrons. The van der Waals surface area contributed by atoms with E-state index < -0.39 is 23.7 Å². The van der Waals surface area contributed by atoms with Crippen molar-refractivity contribution in [2.45, 2.75) is 40.7 Å². The molecule has 1 aliphatic rings. The minimum absolute atomic E-state index is 0.0193. The summed E-state index contributed by atoms with van der Waals surface area (Å²) < 4.78 is 10.9. The summed E-state index contributed by atoms with van der Waals surface area (Å²) in [5.74, 6) is -0.856. The highest BCUT2D eigenvalue weighted by Crippen LogP contribution is 2.40. The first-order valence-electron chi connectivity index (χ1n) is 12.7. The Morgan fingerprint density at radius 2 is 1.73 bits per heavy atom. The van der Waals surface area contributed by atoms with Crippen molar-refractivity contribution in [3.05, 3.63) is 65.2 Å². The molecule has 0 radical (unpaired) electrons. The number of hydrogen-bond acceptors (Lipinski definition) is 7. The number of hydrogen-bond donors (Lipinski definition) is 1. The zero-order valence-corrected chi connectivity index (χ0v) is 22.2. The second kappa shape index (κ2) is 12.5. The van der Waals surface area contributed by atoms with Gasteiger partial charge in [-0.15, -0.1) is 0 Å². The van der Waals surface area contributed by atoms with E-state index in [1.807, 2.05) is 27.7 Å². The van der Waals surface area contributed by atoms with Crippen LogP contribution in [0.5, 0.6) is 11.5 Å². The third-order valence-electron chi connectivity index (χ3n) is 6.24. The minimum Gasteiger partial charge on any atom is -0.507 e. The average molecular weight is 509 g/mol. The van der Waals surface area contributed by atoms with Crippen LogP contribution < -0.4 is 9.47 Å². The van der Waals surface area contributed by atoms with E-state index in [1.54, 1.807) is 48.5 Å². The predicted molar refractivity (Wildman–Crippen MR) is 141 cm³/mol. The molecule has 2 aromatic rings. The van der Waals surface area contributed by atoms with Gasteiger partial charge in [0.25, 0.3) is 11.7 Å². The van der Waals surface area contributed by atoms with Crippen LogP contribution >= 0.6 is 0 Å². The van der Waals surface area contributed by atoms with Crippen molar-refractivity contribution in [2.75, 3.05) is 32.8 Å². The van der Waals surface area contributed by atoms with Gasteiger partial charge in [-0.25, -0.2) is 0 Å². The number of likely N-dealkylation sites (tertiary alicyclic amines) is 1. The number of Topliss-reactive ketones (excluding diaryl/α,β-unsaturated/α-hetero) is 1. The van der Waals surface area contributed by atoms with Crippen LogP contribution in [-0.4, -0.2) is 65.4 Å². The minimum atomic E-state index is -0.790. The Morgan fingerprint density at radius 1 is 1.05 bits per heavy atom. The molecule has 1 fully saturated rings. The lowest BCUT2D eigenvalue weighted by molar-refractivity contribution is -0.140. The molecule has 1 unspecified atom stereocenters. The smallest absolute Gasteiger partial charge is 0.308 e. The maximum atomic E-state index is 13.3. The number of aliphatic hydroxyl groups excluding tert-OH is 1. The van der Waals surface area contributed by atoms with Crippen LogP contribution in [0.15, 0.2) is 54.1 Å². The number of ether oxygens (including phenoxy) is 2. The monoisotopic (exact) mass is 508 g/mol. The van der Waals surface area contributed by atoms with E-state index in [1.165, 1.54) is 11.8 Å². The lowest BCUT2D eigenvalue weighted by atomic mass is 9.95. The number of carbonyl (C=O) groups is 3. The molecular formula is C29H36N2O6. The van der Waals surface area contributed by atoms with Gasteiger partial charge < -0.3 is 24.4 Å². The van der Waals surface area contributed by atoms with Crippen LogP contribution in [0.4, 0.5) is 0 Å². The lowest BCUT2D eigenvalue weighted by Crippen LogP contribution is -2.38. The summed E-state index contributed by atoms with van der Waals surface area (Å²) in [5.41, 5.74) is 1.04. The number of benzene rings is 2. The number of aliphatic hydroxyl groups is 1. The maximum absolute atomic E-state index is 13.3. The lowest BCUT2D eigenvalue weighted by Gasteiger charge is -2.28. The molecule has 8 nitrogen and oxygen atoms in total.